The molecule has 0 spiro atoms. The molecule has 1 N–H and O–H groups in total. The van der Waals surface area contributed by atoms with Crippen LogP contribution in [-0.2, 0) is 0 Å². The molecule has 0 unspecified atom stereocenters. The number of ether oxygens (including phenoxy) is 1. The molecular weight excluding hydrogens is 429 g/mol. The lowest BCUT2D eigenvalue weighted by Gasteiger charge is -2.18. The molecule has 1 heterocycles. The first-order valence-corrected chi connectivity index (χ1v) is 10.1. The first-order chi connectivity index (χ1) is 13.2. The van der Waals surface area contributed by atoms with E-state index in [1.54, 1.807) is 7.11 Å². The van der Waals surface area contributed by atoms with E-state index in [2.05, 4.69) is 30.1 Å². The summed E-state index contributed by atoms with van der Waals surface area (Å²) in [6.45, 7) is 8.74. The Bertz CT molecular complexity index is 917. The van der Waals surface area contributed by atoms with Crippen molar-refractivity contribution >= 4 is 63.9 Å². The first-order valence-electron chi connectivity index (χ1n) is 9.69. The normalized spacial score (nSPS) is 10.7. The largest absolute Gasteiger partial charge is 0.497 e. The highest BCUT2D eigenvalue weighted by atomic mass is 35.5. The van der Waals surface area contributed by atoms with Gasteiger partial charge in [-0.15, -0.1) is 24.8 Å². The Hall–Kier alpha value is -1.46. The van der Waals surface area contributed by atoms with Crippen LogP contribution in [0, 0.1) is 0 Å². The van der Waals surface area contributed by atoms with Gasteiger partial charge >= 0.3 is 0 Å². The maximum absolute atomic E-state index is 6.19. The minimum atomic E-state index is 0. The third kappa shape index (κ3) is 6.26. The van der Waals surface area contributed by atoms with Crippen LogP contribution in [0.2, 0.25) is 5.02 Å². The minimum Gasteiger partial charge on any atom is -0.497 e. The highest BCUT2D eigenvalue weighted by Crippen LogP contribution is 2.34. The van der Waals surface area contributed by atoms with E-state index in [1.165, 1.54) is 6.42 Å². The molecule has 7 heteroatoms. The summed E-state index contributed by atoms with van der Waals surface area (Å²) >= 11 is 6.19. The minimum absolute atomic E-state index is 0. The second-order valence-corrected chi connectivity index (χ2v) is 7.13. The fraction of sp³-hybridized carbons (Fsp3) is 0.409. The molecule has 1 aromatic heterocycles. The molecular formula is C22H30Cl3N3O. The Kier molecular flexibility index (Phi) is 10.8. The van der Waals surface area contributed by atoms with Gasteiger partial charge in [-0.3, -0.25) is 0 Å². The summed E-state index contributed by atoms with van der Waals surface area (Å²) in [4.78, 5) is 7.24. The number of rotatable bonds is 9. The quantitative estimate of drug-likeness (QED) is 0.296. The molecule has 2 aromatic carbocycles. The fourth-order valence-electron chi connectivity index (χ4n) is 3.43. The van der Waals surface area contributed by atoms with Crippen molar-refractivity contribution in [2.75, 3.05) is 38.6 Å². The van der Waals surface area contributed by atoms with Gasteiger partial charge in [0.1, 0.15) is 5.75 Å². The van der Waals surface area contributed by atoms with Gasteiger partial charge in [0.05, 0.1) is 23.8 Å². The summed E-state index contributed by atoms with van der Waals surface area (Å²) in [6.07, 6.45) is 2.31. The lowest BCUT2D eigenvalue weighted by Crippen LogP contribution is -2.24. The van der Waals surface area contributed by atoms with Crippen molar-refractivity contribution in [3.63, 3.8) is 0 Å². The average molecular weight is 459 g/mol. The number of methoxy groups -OCH3 is 1. The second kappa shape index (κ2) is 12.3. The summed E-state index contributed by atoms with van der Waals surface area (Å²) in [6, 6.07) is 11.9. The number of unbranched alkanes of at least 4 members (excludes halogenated alkanes) is 1. The van der Waals surface area contributed by atoms with E-state index < -0.39 is 0 Å². The molecule has 0 atom stereocenters. The summed E-state index contributed by atoms with van der Waals surface area (Å²) in [5, 5.41) is 6.52. The van der Waals surface area contributed by atoms with E-state index in [4.69, 9.17) is 21.3 Å². The molecule has 0 amide bonds. The van der Waals surface area contributed by atoms with E-state index in [1.807, 2.05) is 30.3 Å². The Morgan fingerprint density at radius 3 is 2.41 bits per heavy atom. The monoisotopic (exact) mass is 457 g/mol. The molecule has 4 nitrogen and oxygen atoms in total. The van der Waals surface area contributed by atoms with Crippen molar-refractivity contribution in [1.29, 1.82) is 0 Å². The van der Waals surface area contributed by atoms with E-state index in [0.29, 0.717) is 5.02 Å². The molecule has 0 aliphatic rings. The second-order valence-electron chi connectivity index (χ2n) is 6.69. The number of hydrogen-bond donors (Lipinski definition) is 1. The number of anilines is 1. The lowest BCUT2D eigenvalue weighted by molar-refractivity contribution is 0.298. The van der Waals surface area contributed by atoms with Crippen molar-refractivity contribution in [1.82, 2.24) is 9.88 Å². The molecule has 0 aliphatic heterocycles. The van der Waals surface area contributed by atoms with Gasteiger partial charge in [-0.1, -0.05) is 25.4 Å². The zero-order chi connectivity index (χ0) is 19.2. The smallest absolute Gasteiger partial charge is 0.119 e. The summed E-state index contributed by atoms with van der Waals surface area (Å²) in [5.41, 5.74) is 2.95. The van der Waals surface area contributed by atoms with E-state index >= 15 is 0 Å². The van der Waals surface area contributed by atoms with Gasteiger partial charge in [0.25, 0.3) is 0 Å². The highest BCUT2D eigenvalue weighted by Gasteiger charge is 2.11. The number of aromatic nitrogens is 1. The van der Waals surface area contributed by atoms with E-state index in [0.717, 1.165) is 65.8 Å². The molecule has 160 valence electrons. The van der Waals surface area contributed by atoms with Crippen LogP contribution in [0.15, 0.2) is 36.4 Å². The first kappa shape index (κ1) is 25.6. The summed E-state index contributed by atoms with van der Waals surface area (Å²) < 4.78 is 5.42. The van der Waals surface area contributed by atoms with Gasteiger partial charge in [0.2, 0.25) is 0 Å². The Morgan fingerprint density at radius 1 is 0.966 bits per heavy atom. The number of hydrogen-bond acceptors (Lipinski definition) is 4. The predicted molar refractivity (Wildman–Crippen MR) is 131 cm³/mol. The van der Waals surface area contributed by atoms with E-state index in [9.17, 15) is 0 Å². The fourth-order valence-corrected chi connectivity index (χ4v) is 3.59. The number of pyridine rings is 1. The van der Waals surface area contributed by atoms with Crippen LogP contribution < -0.4 is 10.1 Å². The van der Waals surface area contributed by atoms with Crippen LogP contribution in [0.3, 0.4) is 0 Å². The number of nitrogens with one attached hydrogen (secondary N) is 1. The molecule has 0 aliphatic carbocycles. The molecule has 3 aromatic rings. The van der Waals surface area contributed by atoms with Crippen LogP contribution in [0.25, 0.3) is 21.8 Å². The number of nitrogens with zero attached hydrogens (tertiary/aromatic N) is 2. The lowest BCUT2D eigenvalue weighted by atomic mass is 10.1. The topological polar surface area (TPSA) is 37.4 Å². The molecule has 0 radical (unpaired) electrons. The average Bonchev–Trinajstić information content (AvgIpc) is 2.69. The van der Waals surface area contributed by atoms with Crippen molar-refractivity contribution in [3.8, 4) is 5.75 Å². The Labute approximate surface area is 190 Å². The van der Waals surface area contributed by atoms with Gasteiger partial charge in [0, 0.05) is 22.3 Å². The van der Waals surface area contributed by atoms with E-state index in [-0.39, 0.29) is 24.8 Å². The molecule has 29 heavy (non-hydrogen) atoms. The van der Waals surface area contributed by atoms with Crippen molar-refractivity contribution in [2.24, 2.45) is 0 Å². The maximum Gasteiger partial charge on any atom is 0.119 e. The van der Waals surface area contributed by atoms with Crippen LogP contribution >= 0.6 is 36.4 Å². The maximum atomic E-state index is 6.19. The van der Waals surface area contributed by atoms with Crippen LogP contribution in [-0.4, -0.2) is 43.2 Å². The van der Waals surface area contributed by atoms with Gasteiger partial charge < -0.3 is 15.0 Å². The summed E-state index contributed by atoms with van der Waals surface area (Å²) in [7, 11) is 1.69. The van der Waals surface area contributed by atoms with Gasteiger partial charge in [-0.2, -0.15) is 0 Å². The molecule has 0 saturated carbocycles. The highest BCUT2D eigenvalue weighted by molar-refractivity contribution is 6.31. The Balaban J connectivity index is 0.00000210. The SMILES string of the molecule is CCN(CC)CCCCNc1c2ccc(Cl)cc2nc2ccc(OC)cc12.Cl.Cl. The zero-order valence-corrected chi connectivity index (χ0v) is 19.6. The van der Waals surface area contributed by atoms with Gasteiger partial charge in [0.15, 0.2) is 0 Å². The predicted octanol–water partition coefficient (Wildman–Crippen LogP) is 6.43. The third-order valence-electron chi connectivity index (χ3n) is 5.04. The third-order valence-corrected chi connectivity index (χ3v) is 5.28. The molecule has 0 fully saturated rings. The van der Waals surface area contributed by atoms with Crippen molar-refractivity contribution in [2.45, 2.75) is 26.7 Å². The number of benzene rings is 2. The zero-order valence-electron chi connectivity index (χ0n) is 17.2. The Morgan fingerprint density at radius 2 is 1.72 bits per heavy atom. The molecule has 3 rings (SSSR count). The molecule has 0 bridgehead atoms. The van der Waals surface area contributed by atoms with Gasteiger partial charge in [-0.05, 0) is 68.9 Å². The van der Waals surface area contributed by atoms with Crippen molar-refractivity contribution < 1.29 is 4.74 Å². The van der Waals surface area contributed by atoms with Crippen LogP contribution in [0.1, 0.15) is 26.7 Å². The summed E-state index contributed by atoms with van der Waals surface area (Å²) in [5.74, 6) is 0.835. The number of fused-ring (bicyclic) bond motifs is 2. The van der Waals surface area contributed by atoms with Crippen molar-refractivity contribution in [3.05, 3.63) is 41.4 Å². The van der Waals surface area contributed by atoms with Crippen LogP contribution in [0.5, 0.6) is 5.75 Å². The standard InChI is InChI=1S/C22H28ClN3O.2ClH/c1-4-26(5-2)13-7-6-12-24-22-18-10-8-16(23)14-21(18)25-20-11-9-17(27-3)15-19(20)22;;/h8-11,14-15H,4-7,12-13H2,1-3H3,(H,24,25);2*1H. The number of halogens is 3. The van der Waals surface area contributed by atoms with Crippen LogP contribution in [0.4, 0.5) is 5.69 Å². The molecule has 0 saturated heterocycles. The van der Waals surface area contributed by atoms with Gasteiger partial charge in [-0.25, -0.2) is 4.98 Å².